The number of aromatic nitrogens is 2. The van der Waals surface area contributed by atoms with Gasteiger partial charge in [-0.15, -0.1) is 0 Å². The molecule has 106 valence electrons. The van der Waals surface area contributed by atoms with Gasteiger partial charge in [-0.3, -0.25) is 0 Å². The standard InChI is InChI=1S/C14H25N5/c1-13(2,3)12-17-10(6-11(18-12)19-15)16-8-9-7-14(9,4)5/h6,9H,7-8,15H2,1-5H3,(H2,16,17,18,19). The Hall–Kier alpha value is -1.36. The Labute approximate surface area is 115 Å². The van der Waals surface area contributed by atoms with Crippen molar-refractivity contribution in [2.75, 3.05) is 17.3 Å². The van der Waals surface area contributed by atoms with Crippen molar-refractivity contribution in [3.8, 4) is 0 Å². The lowest BCUT2D eigenvalue weighted by Crippen LogP contribution is -2.20. The molecule has 0 radical (unpaired) electrons. The van der Waals surface area contributed by atoms with Gasteiger partial charge in [0, 0.05) is 18.0 Å². The van der Waals surface area contributed by atoms with Crippen molar-refractivity contribution in [1.82, 2.24) is 9.97 Å². The molecule has 0 aromatic carbocycles. The number of hydrogen-bond acceptors (Lipinski definition) is 5. The minimum absolute atomic E-state index is 0.0951. The van der Waals surface area contributed by atoms with E-state index in [9.17, 15) is 0 Å². The van der Waals surface area contributed by atoms with E-state index in [1.807, 2.05) is 6.07 Å². The molecule has 1 aromatic heterocycles. The highest BCUT2D eigenvalue weighted by molar-refractivity contribution is 5.47. The molecule has 4 N–H and O–H groups in total. The van der Waals surface area contributed by atoms with Crippen LogP contribution in [0.1, 0.15) is 46.9 Å². The molecule has 1 aliphatic rings. The molecule has 1 heterocycles. The second kappa shape index (κ2) is 4.63. The van der Waals surface area contributed by atoms with Gasteiger partial charge in [0.1, 0.15) is 17.5 Å². The quantitative estimate of drug-likeness (QED) is 0.575. The number of hydrazine groups is 1. The van der Waals surface area contributed by atoms with E-state index in [1.165, 1.54) is 6.42 Å². The first-order chi connectivity index (χ1) is 8.72. The van der Waals surface area contributed by atoms with Gasteiger partial charge in [-0.1, -0.05) is 34.6 Å². The Balaban J connectivity index is 2.11. The Morgan fingerprint density at radius 1 is 1.32 bits per heavy atom. The van der Waals surface area contributed by atoms with Gasteiger partial charge in [-0.25, -0.2) is 15.8 Å². The maximum absolute atomic E-state index is 5.47. The molecular weight excluding hydrogens is 238 g/mol. The lowest BCUT2D eigenvalue weighted by atomic mass is 9.96. The first-order valence-corrected chi connectivity index (χ1v) is 6.82. The van der Waals surface area contributed by atoms with Gasteiger partial charge in [0.05, 0.1) is 0 Å². The highest BCUT2D eigenvalue weighted by atomic mass is 15.3. The summed E-state index contributed by atoms with van der Waals surface area (Å²) in [6.45, 7) is 11.8. The highest BCUT2D eigenvalue weighted by Gasteiger charge is 2.45. The minimum Gasteiger partial charge on any atom is -0.370 e. The number of nitrogen functional groups attached to an aromatic ring is 1. The van der Waals surface area contributed by atoms with Crippen LogP contribution in [-0.4, -0.2) is 16.5 Å². The van der Waals surface area contributed by atoms with E-state index in [0.717, 1.165) is 24.1 Å². The molecule has 2 rings (SSSR count). The van der Waals surface area contributed by atoms with Crippen LogP contribution in [-0.2, 0) is 5.41 Å². The van der Waals surface area contributed by atoms with Crippen molar-refractivity contribution in [2.24, 2.45) is 17.2 Å². The number of anilines is 2. The fraction of sp³-hybridized carbons (Fsp3) is 0.714. The second-order valence-corrected chi connectivity index (χ2v) is 7.13. The third-order valence-electron chi connectivity index (χ3n) is 3.79. The second-order valence-electron chi connectivity index (χ2n) is 7.13. The topological polar surface area (TPSA) is 75.9 Å². The zero-order valence-electron chi connectivity index (χ0n) is 12.5. The number of nitrogens with two attached hydrogens (primary N) is 1. The average Bonchev–Trinajstić information content (AvgIpc) is 2.93. The molecule has 0 spiro atoms. The number of hydrogen-bond donors (Lipinski definition) is 3. The SMILES string of the molecule is CC(C)(C)c1nc(NN)cc(NCC2CC2(C)C)n1. The predicted molar refractivity (Wildman–Crippen MR) is 78.9 cm³/mol. The molecule has 0 amide bonds. The van der Waals surface area contributed by atoms with Crippen LogP contribution in [0.3, 0.4) is 0 Å². The van der Waals surface area contributed by atoms with E-state index in [-0.39, 0.29) is 5.41 Å². The maximum atomic E-state index is 5.47. The lowest BCUT2D eigenvalue weighted by Gasteiger charge is -2.19. The zero-order chi connectivity index (χ0) is 14.3. The van der Waals surface area contributed by atoms with Gasteiger partial charge in [0.25, 0.3) is 0 Å². The van der Waals surface area contributed by atoms with Gasteiger partial charge in [-0.05, 0) is 17.8 Å². The Morgan fingerprint density at radius 3 is 2.37 bits per heavy atom. The summed E-state index contributed by atoms with van der Waals surface area (Å²) in [7, 11) is 0. The third kappa shape index (κ3) is 3.35. The van der Waals surface area contributed by atoms with Crippen LogP contribution in [0.15, 0.2) is 6.07 Å². The molecule has 1 aliphatic carbocycles. The number of nitrogens with zero attached hydrogens (tertiary/aromatic N) is 2. The van der Waals surface area contributed by atoms with Crippen molar-refractivity contribution in [3.63, 3.8) is 0 Å². The summed E-state index contributed by atoms with van der Waals surface area (Å²) >= 11 is 0. The normalized spacial score (nSPS) is 21.1. The molecule has 1 aromatic rings. The van der Waals surface area contributed by atoms with Crippen molar-refractivity contribution in [1.29, 1.82) is 0 Å². The first-order valence-electron chi connectivity index (χ1n) is 6.82. The summed E-state index contributed by atoms with van der Waals surface area (Å²) in [6, 6.07) is 1.85. The van der Waals surface area contributed by atoms with E-state index in [0.29, 0.717) is 11.2 Å². The fourth-order valence-electron chi connectivity index (χ4n) is 2.10. The Bertz CT molecular complexity index is 461. The summed E-state index contributed by atoms with van der Waals surface area (Å²) in [5.74, 6) is 8.49. The molecule has 0 aliphatic heterocycles. The molecule has 0 bridgehead atoms. The lowest BCUT2D eigenvalue weighted by molar-refractivity contribution is 0.545. The van der Waals surface area contributed by atoms with E-state index in [1.54, 1.807) is 0 Å². The van der Waals surface area contributed by atoms with Gasteiger partial charge in [-0.2, -0.15) is 0 Å². The van der Waals surface area contributed by atoms with Crippen LogP contribution in [0.25, 0.3) is 0 Å². The zero-order valence-corrected chi connectivity index (χ0v) is 12.5. The van der Waals surface area contributed by atoms with E-state index in [2.05, 4.69) is 55.3 Å². The predicted octanol–water partition coefficient (Wildman–Crippen LogP) is 2.52. The molecule has 1 saturated carbocycles. The summed E-state index contributed by atoms with van der Waals surface area (Å²) in [6.07, 6.45) is 1.28. The Kier molecular flexibility index (Phi) is 3.43. The first kappa shape index (κ1) is 14.1. The molecule has 0 saturated heterocycles. The molecular formula is C14H25N5. The van der Waals surface area contributed by atoms with Crippen LogP contribution in [0, 0.1) is 11.3 Å². The van der Waals surface area contributed by atoms with E-state index >= 15 is 0 Å². The molecule has 5 heteroatoms. The molecule has 5 nitrogen and oxygen atoms in total. The highest BCUT2D eigenvalue weighted by Crippen LogP contribution is 2.51. The average molecular weight is 263 g/mol. The molecule has 1 fully saturated rings. The molecule has 1 atom stereocenters. The van der Waals surface area contributed by atoms with Crippen LogP contribution >= 0.6 is 0 Å². The summed E-state index contributed by atoms with van der Waals surface area (Å²) in [4.78, 5) is 8.99. The van der Waals surface area contributed by atoms with Gasteiger partial charge < -0.3 is 10.7 Å². The van der Waals surface area contributed by atoms with Gasteiger partial charge in [0.15, 0.2) is 0 Å². The molecule has 1 unspecified atom stereocenters. The van der Waals surface area contributed by atoms with Crippen LogP contribution < -0.4 is 16.6 Å². The van der Waals surface area contributed by atoms with Crippen molar-refractivity contribution in [3.05, 3.63) is 11.9 Å². The van der Waals surface area contributed by atoms with E-state index in [4.69, 9.17) is 5.84 Å². The van der Waals surface area contributed by atoms with Crippen molar-refractivity contribution < 1.29 is 0 Å². The van der Waals surface area contributed by atoms with Crippen LogP contribution in [0.4, 0.5) is 11.6 Å². The van der Waals surface area contributed by atoms with E-state index < -0.39 is 0 Å². The summed E-state index contributed by atoms with van der Waals surface area (Å²) in [5, 5.41) is 3.40. The van der Waals surface area contributed by atoms with Gasteiger partial charge >= 0.3 is 0 Å². The Morgan fingerprint density at radius 2 is 1.89 bits per heavy atom. The monoisotopic (exact) mass is 263 g/mol. The van der Waals surface area contributed by atoms with Crippen LogP contribution in [0.5, 0.6) is 0 Å². The van der Waals surface area contributed by atoms with Gasteiger partial charge in [0.2, 0.25) is 0 Å². The van der Waals surface area contributed by atoms with Crippen molar-refractivity contribution in [2.45, 2.75) is 46.5 Å². The smallest absolute Gasteiger partial charge is 0.145 e. The third-order valence-corrected chi connectivity index (χ3v) is 3.79. The fourth-order valence-corrected chi connectivity index (χ4v) is 2.10. The van der Waals surface area contributed by atoms with Crippen molar-refractivity contribution >= 4 is 11.6 Å². The number of nitrogens with one attached hydrogen (secondary N) is 2. The minimum atomic E-state index is -0.0951. The summed E-state index contributed by atoms with van der Waals surface area (Å²) in [5.41, 5.74) is 2.99. The van der Waals surface area contributed by atoms with Crippen LogP contribution in [0.2, 0.25) is 0 Å². The maximum Gasteiger partial charge on any atom is 0.145 e. The summed E-state index contributed by atoms with van der Waals surface area (Å²) < 4.78 is 0. The number of rotatable bonds is 4. The largest absolute Gasteiger partial charge is 0.370 e. The molecule has 19 heavy (non-hydrogen) atoms.